The zero-order valence-electron chi connectivity index (χ0n) is 11.2. The van der Waals surface area contributed by atoms with Crippen molar-refractivity contribution in [2.45, 2.75) is 39.8 Å². The summed E-state index contributed by atoms with van der Waals surface area (Å²) >= 11 is 4.85. The molecule has 0 heterocycles. The summed E-state index contributed by atoms with van der Waals surface area (Å²) in [4.78, 5) is 2.35. The van der Waals surface area contributed by atoms with Crippen LogP contribution in [0.2, 0.25) is 0 Å². The monoisotopic (exact) mass is 268 g/mol. The van der Waals surface area contributed by atoms with Gasteiger partial charge in [0, 0.05) is 23.7 Å². The molecule has 2 nitrogen and oxygen atoms in total. The van der Waals surface area contributed by atoms with Crippen molar-refractivity contribution in [3.05, 3.63) is 35.1 Å². The lowest BCUT2D eigenvalue weighted by Crippen LogP contribution is -2.32. The SMILES string of the molecule is CCC(C)N(CC)Cc1cccc(C(N)=S)c1F. The molecule has 1 unspecified atom stereocenters. The Morgan fingerprint density at radius 2 is 2.11 bits per heavy atom. The van der Waals surface area contributed by atoms with E-state index < -0.39 is 0 Å². The fourth-order valence-electron chi connectivity index (χ4n) is 1.95. The predicted molar refractivity (Wildman–Crippen MR) is 78.1 cm³/mol. The van der Waals surface area contributed by atoms with E-state index in [-0.39, 0.29) is 10.8 Å². The molecule has 1 rings (SSSR count). The van der Waals surface area contributed by atoms with Gasteiger partial charge in [0.2, 0.25) is 0 Å². The number of halogens is 1. The van der Waals surface area contributed by atoms with Crippen molar-refractivity contribution in [1.29, 1.82) is 0 Å². The second kappa shape index (κ2) is 6.81. The first-order valence-electron chi connectivity index (χ1n) is 6.32. The number of hydrogen-bond acceptors (Lipinski definition) is 2. The van der Waals surface area contributed by atoms with Gasteiger partial charge >= 0.3 is 0 Å². The Bertz CT molecular complexity index is 420. The van der Waals surface area contributed by atoms with Crippen LogP contribution in [0.5, 0.6) is 0 Å². The van der Waals surface area contributed by atoms with Crippen LogP contribution in [0.4, 0.5) is 4.39 Å². The summed E-state index contributed by atoms with van der Waals surface area (Å²) in [7, 11) is 0. The minimum atomic E-state index is -0.285. The lowest BCUT2D eigenvalue weighted by atomic mass is 10.1. The van der Waals surface area contributed by atoms with Gasteiger partial charge in [-0.25, -0.2) is 4.39 Å². The smallest absolute Gasteiger partial charge is 0.137 e. The van der Waals surface area contributed by atoms with Crippen LogP contribution in [-0.4, -0.2) is 22.5 Å². The van der Waals surface area contributed by atoms with Gasteiger partial charge in [0.15, 0.2) is 0 Å². The zero-order valence-corrected chi connectivity index (χ0v) is 12.1. The molecule has 0 aliphatic heterocycles. The number of nitrogens with zero attached hydrogens (tertiary/aromatic N) is 1. The van der Waals surface area contributed by atoms with Crippen molar-refractivity contribution >= 4 is 17.2 Å². The van der Waals surface area contributed by atoms with E-state index in [1.807, 2.05) is 0 Å². The molecule has 0 aromatic heterocycles. The Labute approximate surface area is 114 Å². The number of benzene rings is 1. The van der Waals surface area contributed by atoms with Crippen molar-refractivity contribution in [3.63, 3.8) is 0 Å². The van der Waals surface area contributed by atoms with Crippen LogP contribution in [-0.2, 0) is 6.54 Å². The highest BCUT2D eigenvalue weighted by atomic mass is 32.1. The summed E-state index contributed by atoms with van der Waals surface area (Å²) in [6.45, 7) is 7.86. The van der Waals surface area contributed by atoms with E-state index in [0.717, 1.165) is 13.0 Å². The van der Waals surface area contributed by atoms with Crippen molar-refractivity contribution < 1.29 is 4.39 Å². The average molecular weight is 268 g/mol. The molecule has 1 aromatic rings. The highest BCUT2D eigenvalue weighted by molar-refractivity contribution is 7.80. The van der Waals surface area contributed by atoms with Crippen LogP contribution in [0.3, 0.4) is 0 Å². The van der Waals surface area contributed by atoms with Crippen LogP contribution in [0.1, 0.15) is 38.3 Å². The maximum Gasteiger partial charge on any atom is 0.137 e. The van der Waals surface area contributed by atoms with Gasteiger partial charge in [-0.1, -0.05) is 38.2 Å². The Morgan fingerprint density at radius 3 is 2.61 bits per heavy atom. The van der Waals surface area contributed by atoms with Crippen LogP contribution >= 0.6 is 12.2 Å². The Hall–Kier alpha value is -1.00. The molecule has 0 aliphatic rings. The molecule has 1 aromatic carbocycles. The number of hydrogen-bond donors (Lipinski definition) is 1. The summed E-state index contributed by atoms with van der Waals surface area (Å²) in [6.07, 6.45) is 1.05. The molecule has 100 valence electrons. The number of thiocarbonyl (C=S) groups is 1. The average Bonchev–Trinajstić information content (AvgIpc) is 2.36. The van der Waals surface area contributed by atoms with E-state index in [1.54, 1.807) is 18.2 Å². The van der Waals surface area contributed by atoms with E-state index in [1.165, 1.54) is 0 Å². The zero-order chi connectivity index (χ0) is 13.7. The first-order chi connectivity index (χ1) is 8.51. The number of nitrogens with two attached hydrogens (primary N) is 1. The molecule has 4 heteroatoms. The molecule has 0 radical (unpaired) electrons. The summed E-state index contributed by atoms with van der Waals surface area (Å²) in [5.41, 5.74) is 6.50. The van der Waals surface area contributed by atoms with Crippen LogP contribution in [0.15, 0.2) is 18.2 Å². The van der Waals surface area contributed by atoms with Gasteiger partial charge in [-0.3, -0.25) is 4.90 Å². The van der Waals surface area contributed by atoms with Gasteiger partial charge in [0.1, 0.15) is 10.8 Å². The van der Waals surface area contributed by atoms with Gasteiger partial charge in [-0.15, -0.1) is 0 Å². The second-order valence-electron chi connectivity index (χ2n) is 4.46. The summed E-state index contributed by atoms with van der Waals surface area (Å²) in [6, 6.07) is 5.66. The standard InChI is InChI=1S/C14H21FN2S/c1-4-10(3)17(5-2)9-11-7-6-8-12(13(11)15)14(16)18/h6-8,10H,4-5,9H2,1-3H3,(H2,16,18). The molecule has 0 amide bonds. The quantitative estimate of drug-likeness (QED) is 0.804. The first-order valence-corrected chi connectivity index (χ1v) is 6.73. The summed E-state index contributed by atoms with van der Waals surface area (Å²) < 4.78 is 14.2. The second-order valence-corrected chi connectivity index (χ2v) is 4.90. The third-order valence-corrected chi connectivity index (χ3v) is 3.56. The summed E-state index contributed by atoms with van der Waals surface area (Å²) in [5.74, 6) is -0.285. The first kappa shape index (κ1) is 15.1. The molecular weight excluding hydrogens is 247 g/mol. The molecule has 0 aliphatic carbocycles. The fraction of sp³-hybridized carbons (Fsp3) is 0.500. The molecule has 18 heavy (non-hydrogen) atoms. The predicted octanol–water partition coefficient (Wildman–Crippen LogP) is 3.08. The lowest BCUT2D eigenvalue weighted by Gasteiger charge is -2.27. The van der Waals surface area contributed by atoms with Gasteiger partial charge in [0.25, 0.3) is 0 Å². The molecule has 2 N–H and O–H groups in total. The minimum Gasteiger partial charge on any atom is -0.389 e. The van der Waals surface area contributed by atoms with Crippen molar-refractivity contribution in [2.24, 2.45) is 5.73 Å². The normalized spacial score (nSPS) is 12.7. The lowest BCUT2D eigenvalue weighted by molar-refractivity contribution is 0.203. The molecule has 0 bridgehead atoms. The topological polar surface area (TPSA) is 29.3 Å². The van der Waals surface area contributed by atoms with E-state index in [2.05, 4.69) is 25.7 Å². The molecular formula is C14H21FN2S. The van der Waals surface area contributed by atoms with Gasteiger partial charge in [0.05, 0.1) is 0 Å². The van der Waals surface area contributed by atoms with E-state index >= 15 is 0 Å². The van der Waals surface area contributed by atoms with Crippen LogP contribution in [0.25, 0.3) is 0 Å². The van der Waals surface area contributed by atoms with E-state index in [9.17, 15) is 4.39 Å². The highest BCUT2D eigenvalue weighted by Gasteiger charge is 2.15. The molecule has 1 atom stereocenters. The Balaban J connectivity index is 2.96. The van der Waals surface area contributed by atoms with E-state index in [0.29, 0.717) is 23.7 Å². The Kier molecular flexibility index (Phi) is 5.69. The third-order valence-electron chi connectivity index (χ3n) is 3.34. The summed E-state index contributed by atoms with van der Waals surface area (Å²) in [5, 5.41) is 0. The van der Waals surface area contributed by atoms with Gasteiger partial charge < -0.3 is 5.73 Å². The molecule has 0 fully saturated rings. The van der Waals surface area contributed by atoms with Gasteiger partial charge in [-0.05, 0) is 26.0 Å². The van der Waals surface area contributed by atoms with Crippen LogP contribution in [0, 0.1) is 5.82 Å². The van der Waals surface area contributed by atoms with Crippen molar-refractivity contribution in [1.82, 2.24) is 4.90 Å². The fourth-order valence-corrected chi connectivity index (χ4v) is 2.11. The minimum absolute atomic E-state index is 0.112. The highest BCUT2D eigenvalue weighted by Crippen LogP contribution is 2.17. The van der Waals surface area contributed by atoms with E-state index in [4.69, 9.17) is 18.0 Å². The van der Waals surface area contributed by atoms with Crippen molar-refractivity contribution in [3.8, 4) is 0 Å². The maximum absolute atomic E-state index is 14.2. The molecule has 0 spiro atoms. The molecule has 0 saturated carbocycles. The van der Waals surface area contributed by atoms with Crippen LogP contribution < -0.4 is 5.73 Å². The molecule has 0 saturated heterocycles. The van der Waals surface area contributed by atoms with Gasteiger partial charge in [-0.2, -0.15) is 0 Å². The third kappa shape index (κ3) is 3.50. The van der Waals surface area contributed by atoms with Crippen molar-refractivity contribution in [2.75, 3.05) is 6.54 Å². The maximum atomic E-state index is 14.2. The number of rotatable bonds is 6. The Morgan fingerprint density at radius 1 is 1.44 bits per heavy atom. The largest absolute Gasteiger partial charge is 0.389 e.